The summed E-state index contributed by atoms with van der Waals surface area (Å²) in [5, 5.41) is 2.79. The molecule has 0 aromatic heterocycles. The summed E-state index contributed by atoms with van der Waals surface area (Å²) in [5.41, 5.74) is 5.23. The third-order valence-electron chi connectivity index (χ3n) is 2.65. The first-order valence-corrected chi connectivity index (χ1v) is 4.68. The van der Waals surface area contributed by atoms with Gasteiger partial charge in [0.2, 0.25) is 5.91 Å². The minimum Gasteiger partial charge on any atom is -0.380 e. The maximum Gasteiger partial charge on any atom is 0.240 e. The Balaban J connectivity index is 2.25. The van der Waals surface area contributed by atoms with Crippen LogP contribution in [-0.4, -0.2) is 31.2 Å². The zero-order valence-electron chi connectivity index (χ0n) is 8.30. The molecule has 0 heterocycles. The van der Waals surface area contributed by atoms with E-state index in [0.29, 0.717) is 6.54 Å². The first-order valence-electron chi connectivity index (χ1n) is 4.68. The first kappa shape index (κ1) is 10.5. The minimum absolute atomic E-state index is 0.0392. The molecule has 0 aromatic rings. The van der Waals surface area contributed by atoms with Crippen molar-refractivity contribution in [1.29, 1.82) is 0 Å². The summed E-state index contributed by atoms with van der Waals surface area (Å²) in [6.07, 6.45) is 2.72. The van der Waals surface area contributed by atoms with E-state index < -0.39 is 5.54 Å². The molecule has 1 saturated carbocycles. The van der Waals surface area contributed by atoms with Crippen LogP contribution in [0, 0.1) is 0 Å². The van der Waals surface area contributed by atoms with Gasteiger partial charge in [-0.3, -0.25) is 4.79 Å². The van der Waals surface area contributed by atoms with Crippen LogP contribution in [-0.2, 0) is 9.53 Å². The second-order valence-electron chi connectivity index (χ2n) is 3.77. The fourth-order valence-corrected chi connectivity index (χ4v) is 1.28. The maximum absolute atomic E-state index is 11.5. The molecule has 1 rings (SSSR count). The van der Waals surface area contributed by atoms with Gasteiger partial charge in [0.05, 0.1) is 11.6 Å². The van der Waals surface area contributed by atoms with E-state index in [2.05, 4.69) is 5.32 Å². The Kier molecular flexibility index (Phi) is 3.27. The quantitative estimate of drug-likeness (QED) is 0.650. The van der Waals surface area contributed by atoms with Gasteiger partial charge in [-0.2, -0.15) is 0 Å². The Bertz CT molecular complexity index is 190. The Hall–Kier alpha value is -0.610. The molecule has 1 unspecified atom stereocenters. The highest BCUT2D eigenvalue weighted by atomic mass is 16.5. The lowest BCUT2D eigenvalue weighted by Crippen LogP contribution is -2.59. The van der Waals surface area contributed by atoms with Crippen molar-refractivity contribution in [2.24, 2.45) is 5.73 Å². The summed E-state index contributed by atoms with van der Waals surface area (Å²) in [7, 11) is 1.62. The monoisotopic (exact) mass is 186 g/mol. The number of amides is 1. The van der Waals surface area contributed by atoms with E-state index in [1.165, 1.54) is 0 Å². The smallest absolute Gasteiger partial charge is 0.240 e. The summed E-state index contributed by atoms with van der Waals surface area (Å²) >= 11 is 0. The van der Waals surface area contributed by atoms with E-state index in [0.717, 1.165) is 19.3 Å². The zero-order chi connectivity index (χ0) is 9.90. The van der Waals surface area contributed by atoms with Crippen molar-refractivity contribution in [2.45, 2.75) is 37.8 Å². The highest BCUT2D eigenvalue weighted by Crippen LogP contribution is 2.28. The van der Waals surface area contributed by atoms with Gasteiger partial charge in [-0.1, -0.05) is 0 Å². The van der Waals surface area contributed by atoms with Crippen molar-refractivity contribution in [3.8, 4) is 0 Å². The molecule has 0 aliphatic heterocycles. The fraction of sp³-hybridized carbons (Fsp3) is 0.889. The van der Waals surface area contributed by atoms with Crippen molar-refractivity contribution in [3.63, 3.8) is 0 Å². The Morgan fingerprint density at radius 1 is 1.69 bits per heavy atom. The number of ether oxygens (including phenoxy) is 1. The van der Waals surface area contributed by atoms with E-state index in [4.69, 9.17) is 10.5 Å². The molecule has 0 spiro atoms. The van der Waals surface area contributed by atoms with E-state index in [1.807, 2.05) is 6.92 Å². The Labute approximate surface area is 78.8 Å². The van der Waals surface area contributed by atoms with Crippen LogP contribution < -0.4 is 11.1 Å². The highest BCUT2D eigenvalue weighted by molar-refractivity contribution is 5.86. The number of nitrogens with one attached hydrogen (secondary N) is 1. The Morgan fingerprint density at radius 3 is 2.69 bits per heavy atom. The molecule has 0 radical (unpaired) electrons. The average Bonchev–Trinajstić information content (AvgIpc) is 2.09. The van der Waals surface area contributed by atoms with Gasteiger partial charge in [0.1, 0.15) is 0 Å². The lowest BCUT2D eigenvalue weighted by molar-refractivity contribution is -0.129. The molecule has 0 saturated heterocycles. The van der Waals surface area contributed by atoms with Crippen molar-refractivity contribution in [3.05, 3.63) is 0 Å². The summed E-state index contributed by atoms with van der Waals surface area (Å²) in [6, 6.07) is 0. The highest BCUT2D eigenvalue weighted by Gasteiger charge is 2.39. The summed E-state index contributed by atoms with van der Waals surface area (Å²) in [4.78, 5) is 11.5. The molecule has 76 valence electrons. The lowest BCUT2D eigenvalue weighted by atomic mass is 9.77. The van der Waals surface area contributed by atoms with Crippen LogP contribution in [0.2, 0.25) is 0 Å². The van der Waals surface area contributed by atoms with Gasteiger partial charge < -0.3 is 15.8 Å². The van der Waals surface area contributed by atoms with Crippen LogP contribution in [0.1, 0.15) is 26.2 Å². The molecular weight excluding hydrogens is 168 g/mol. The molecular formula is C9H18N2O2. The van der Waals surface area contributed by atoms with Crippen molar-refractivity contribution >= 4 is 5.91 Å². The molecule has 1 aliphatic rings. The van der Waals surface area contributed by atoms with E-state index >= 15 is 0 Å². The largest absolute Gasteiger partial charge is 0.380 e. The van der Waals surface area contributed by atoms with Crippen molar-refractivity contribution in [2.75, 3.05) is 13.7 Å². The van der Waals surface area contributed by atoms with Crippen LogP contribution in [0.3, 0.4) is 0 Å². The predicted octanol–water partition coefficient (Wildman–Crippen LogP) is 0.0189. The van der Waals surface area contributed by atoms with Crippen molar-refractivity contribution in [1.82, 2.24) is 5.32 Å². The zero-order valence-corrected chi connectivity index (χ0v) is 8.30. The molecule has 1 aliphatic carbocycles. The van der Waals surface area contributed by atoms with Gasteiger partial charge >= 0.3 is 0 Å². The van der Waals surface area contributed by atoms with Crippen molar-refractivity contribution < 1.29 is 9.53 Å². The molecule has 0 aromatic carbocycles. The summed E-state index contributed by atoms with van der Waals surface area (Å²) < 4.78 is 5.01. The van der Waals surface area contributed by atoms with Crippen LogP contribution >= 0.6 is 0 Å². The molecule has 4 nitrogen and oxygen atoms in total. The molecule has 4 heteroatoms. The number of hydrogen-bond donors (Lipinski definition) is 2. The molecule has 3 N–H and O–H groups in total. The lowest BCUT2D eigenvalue weighted by Gasteiger charge is -2.36. The van der Waals surface area contributed by atoms with Gasteiger partial charge in [0.15, 0.2) is 0 Å². The minimum atomic E-state index is -0.590. The van der Waals surface area contributed by atoms with Crippen LogP contribution in [0.4, 0.5) is 0 Å². The molecule has 0 bridgehead atoms. The molecule has 1 atom stereocenters. The van der Waals surface area contributed by atoms with Gasteiger partial charge in [-0.15, -0.1) is 0 Å². The number of nitrogens with two attached hydrogens (primary N) is 1. The second-order valence-corrected chi connectivity index (χ2v) is 3.77. The molecule has 1 amide bonds. The number of methoxy groups -OCH3 is 1. The Morgan fingerprint density at radius 2 is 2.31 bits per heavy atom. The predicted molar refractivity (Wildman–Crippen MR) is 50.3 cm³/mol. The van der Waals surface area contributed by atoms with E-state index in [1.54, 1.807) is 7.11 Å². The number of hydrogen-bond acceptors (Lipinski definition) is 3. The molecule has 13 heavy (non-hydrogen) atoms. The average molecular weight is 186 g/mol. The third kappa shape index (κ3) is 2.42. The standard InChI is InChI=1S/C9H18N2O2/c1-7(13-2)6-11-8(12)9(10)4-3-5-9/h7H,3-6,10H2,1-2H3,(H,11,12). The number of carbonyl (C=O) groups excluding carboxylic acids is 1. The van der Waals surface area contributed by atoms with E-state index in [-0.39, 0.29) is 12.0 Å². The maximum atomic E-state index is 11.5. The SMILES string of the molecule is COC(C)CNC(=O)C1(N)CCC1. The van der Waals surface area contributed by atoms with Gasteiger partial charge in [0, 0.05) is 13.7 Å². The summed E-state index contributed by atoms with van der Waals surface area (Å²) in [5.74, 6) is -0.0392. The summed E-state index contributed by atoms with van der Waals surface area (Å²) in [6.45, 7) is 2.44. The van der Waals surface area contributed by atoms with Gasteiger partial charge in [-0.05, 0) is 26.2 Å². The second kappa shape index (κ2) is 4.07. The molecule has 1 fully saturated rings. The van der Waals surface area contributed by atoms with Gasteiger partial charge in [0.25, 0.3) is 0 Å². The van der Waals surface area contributed by atoms with Crippen LogP contribution in [0.15, 0.2) is 0 Å². The van der Waals surface area contributed by atoms with Crippen LogP contribution in [0.5, 0.6) is 0 Å². The first-order chi connectivity index (χ1) is 6.08. The normalized spacial score (nSPS) is 21.8. The van der Waals surface area contributed by atoms with Gasteiger partial charge in [-0.25, -0.2) is 0 Å². The fourth-order valence-electron chi connectivity index (χ4n) is 1.28. The number of carbonyl (C=O) groups is 1. The van der Waals surface area contributed by atoms with Crippen LogP contribution in [0.25, 0.3) is 0 Å². The third-order valence-corrected chi connectivity index (χ3v) is 2.65. The number of rotatable bonds is 4. The van der Waals surface area contributed by atoms with E-state index in [9.17, 15) is 4.79 Å². The topological polar surface area (TPSA) is 64.3 Å².